The Morgan fingerprint density at radius 1 is 1.06 bits per heavy atom. The normalized spacial score (nSPS) is 10.6. The summed E-state index contributed by atoms with van der Waals surface area (Å²) in [7, 11) is 1.92. The van der Waals surface area contributed by atoms with E-state index in [0.29, 0.717) is 0 Å². The van der Waals surface area contributed by atoms with Gasteiger partial charge in [-0.3, -0.25) is 4.98 Å². The van der Waals surface area contributed by atoms with Gasteiger partial charge in [-0.25, -0.2) is 4.98 Å². The van der Waals surface area contributed by atoms with Crippen LogP contribution in [0.15, 0.2) is 12.4 Å². The van der Waals surface area contributed by atoms with Crippen LogP contribution in [0.25, 0.3) is 0 Å². The first-order valence-corrected chi connectivity index (χ1v) is 7.02. The summed E-state index contributed by atoms with van der Waals surface area (Å²) in [6.45, 7) is 7.38. The number of hydrogen-bond acceptors (Lipinski definition) is 4. The van der Waals surface area contributed by atoms with E-state index in [1.165, 1.54) is 25.7 Å². The van der Waals surface area contributed by atoms with E-state index >= 15 is 0 Å². The first-order chi connectivity index (χ1) is 8.81. The highest BCUT2D eigenvalue weighted by Gasteiger charge is 2.07. The average Bonchev–Trinajstić information content (AvgIpc) is 2.41. The summed E-state index contributed by atoms with van der Waals surface area (Å²) in [5.41, 5.74) is 0.993. The monoisotopic (exact) mass is 250 g/mol. The minimum absolute atomic E-state index is 0.775. The summed E-state index contributed by atoms with van der Waals surface area (Å²) in [6, 6.07) is 0. The Hall–Kier alpha value is -1.16. The molecule has 0 saturated heterocycles. The van der Waals surface area contributed by atoms with E-state index in [9.17, 15) is 0 Å². The lowest BCUT2D eigenvalue weighted by Crippen LogP contribution is -2.26. The quantitative estimate of drug-likeness (QED) is 0.731. The van der Waals surface area contributed by atoms with Crippen molar-refractivity contribution in [3.05, 3.63) is 18.1 Å². The van der Waals surface area contributed by atoms with Crippen molar-refractivity contribution in [3.63, 3.8) is 0 Å². The van der Waals surface area contributed by atoms with Gasteiger partial charge in [-0.2, -0.15) is 0 Å². The second-order valence-corrected chi connectivity index (χ2v) is 4.59. The topological polar surface area (TPSA) is 41.1 Å². The fraction of sp³-hybridized carbons (Fsp3) is 0.714. The van der Waals surface area contributed by atoms with Gasteiger partial charge in [0.2, 0.25) is 0 Å². The SMILES string of the molecule is CCCCN(CCCC)c1cnc(CNC)cn1. The number of unbranched alkanes of at least 4 members (excludes halogenated alkanes) is 2. The molecule has 0 amide bonds. The minimum atomic E-state index is 0.775. The number of nitrogens with zero attached hydrogens (tertiary/aromatic N) is 3. The molecule has 0 aliphatic rings. The van der Waals surface area contributed by atoms with Crippen molar-refractivity contribution < 1.29 is 0 Å². The summed E-state index contributed by atoms with van der Waals surface area (Å²) in [5.74, 6) is 1.01. The van der Waals surface area contributed by atoms with Crippen LogP contribution in [0, 0.1) is 0 Å². The molecule has 0 saturated carbocycles. The Balaban J connectivity index is 2.64. The molecule has 0 unspecified atom stereocenters. The van der Waals surface area contributed by atoms with Crippen molar-refractivity contribution in [2.45, 2.75) is 46.1 Å². The van der Waals surface area contributed by atoms with E-state index < -0.39 is 0 Å². The van der Waals surface area contributed by atoms with Crippen LogP contribution in [0.2, 0.25) is 0 Å². The maximum absolute atomic E-state index is 4.53. The second kappa shape index (κ2) is 8.86. The molecular formula is C14H26N4. The lowest BCUT2D eigenvalue weighted by Gasteiger charge is -2.23. The molecule has 0 atom stereocenters. The number of rotatable bonds is 9. The molecule has 4 heteroatoms. The third kappa shape index (κ3) is 5.00. The second-order valence-electron chi connectivity index (χ2n) is 4.59. The summed E-state index contributed by atoms with van der Waals surface area (Å²) in [6.07, 6.45) is 8.63. The zero-order chi connectivity index (χ0) is 13.2. The highest BCUT2D eigenvalue weighted by Crippen LogP contribution is 2.11. The van der Waals surface area contributed by atoms with Crippen LogP contribution in [0.4, 0.5) is 5.82 Å². The van der Waals surface area contributed by atoms with Gasteiger partial charge in [-0.05, 0) is 19.9 Å². The van der Waals surface area contributed by atoms with Gasteiger partial charge in [0.25, 0.3) is 0 Å². The molecule has 1 N–H and O–H groups in total. The fourth-order valence-corrected chi connectivity index (χ4v) is 1.82. The molecule has 0 aliphatic carbocycles. The third-order valence-corrected chi connectivity index (χ3v) is 2.94. The molecule has 0 aliphatic heterocycles. The first kappa shape index (κ1) is 14.9. The van der Waals surface area contributed by atoms with Gasteiger partial charge < -0.3 is 10.2 Å². The third-order valence-electron chi connectivity index (χ3n) is 2.94. The predicted molar refractivity (Wildman–Crippen MR) is 76.8 cm³/mol. The van der Waals surface area contributed by atoms with Crippen LogP contribution in [0.1, 0.15) is 45.2 Å². The molecule has 1 aromatic heterocycles. The lowest BCUT2D eigenvalue weighted by atomic mass is 10.2. The summed E-state index contributed by atoms with van der Waals surface area (Å²) in [4.78, 5) is 11.3. The number of nitrogens with one attached hydrogen (secondary N) is 1. The van der Waals surface area contributed by atoms with Crippen LogP contribution in [-0.2, 0) is 6.54 Å². The average molecular weight is 250 g/mol. The lowest BCUT2D eigenvalue weighted by molar-refractivity contribution is 0.668. The van der Waals surface area contributed by atoms with Crippen molar-refractivity contribution in [1.82, 2.24) is 15.3 Å². The molecule has 1 rings (SSSR count). The molecule has 0 radical (unpaired) electrons. The molecule has 18 heavy (non-hydrogen) atoms. The Morgan fingerprint density at radius 3 is 2.17 bits per heavy atom. The highest BCUT2D eigenvalue weighted by atomic mass is 15.2. The van der Waals surface area contributed by atoms with Crippen molar-refractivity contribution in [1.29, 1.82) is 0 Å². The van der Waals surface area contributed by atoms with Gasteiger partial charge in [0.1, 0.15) is 5.82 Å². The van der Waals surface area contributed by atoms with Crippen LogP contribution < -0.4 is 10.2 Å². The zero-order valence-electron chi connectivity index (χ0n) is 11.9. The molecule has 102 valence electrons. The number of hydrogen-bond donors (Lipinski definition) is 1. The number of aromatic nitrogens is 2. The highest BCUT2D eigenvalue weighted by molar-refractivity contribution is 5.35. The van der Waals surface area contributed by atoms with Gasteiger partial charge in [0, 0.05) is 19.6 Å². The van der Waals surface area contributed by atoms with Crippen LogP contribution in [-0.4, -0.2) is 30.1 Å². The summed E-state index contributed by atoms with van der Waals surface area (Å²) < 4.78 is 0. The van der Waals surface area contributed by atoms with Crippen molar-refractivity contribution in [3.8, 4) is 0 Å². The maximum atomic E-state index is 4.53. The van der Waals surface area contributed by atoms with E-state index in [4.69, 9.17) is 0 Å². The predicted octanol–water partition coefficient (Wildman–Crippen LogP) is 2.60. The summed E-state index contributed by atoms with van der Waals surface area (Å²) in [5, 5.41) is 3.09. The Labute approximate surface area is 111 Å². The van der Waals surface area contributed by atoms with Crippen LogP contribution in [0.5, 0.6) is 0 Å². The van der Waals surface area contributed by atoms with Crippen LogP contribution in [0.3, 0.4) is 0 Å². The Morgan fingerprint density at radius 2 is 1.72 bits per heavy atom. The molecule has 0 spiro atoms. The van der Waals surface area contributed by atoms with Crippen LogP contribution >= 0.6 is 0 Å². The van der Waals surface area contributed by atoms with Gasteiger partial charge in [0.15, 0.2) is 0 Å². The molecule has 1 aromatic rings. The van der Waals surface area contributed by atoms with E-state index in [0.717, 1.165) is 31.1 Å². The molecule has 0 bridgehead atoms. The molecular weight excluding hydrogens is 224 g/mol. The fourth-order valence-electron chi connectivity index (χ4n) is 1.82. The van der Waals surface area contributed by atoms with Gasteiger partial charge in [0.05, 0.1) is 18.1 Å². The summed E-state index contributed by atoms with van der Waals surface area (Å²) >= 11 is 0. The smallest absolute Gasteiger partial charge is 0.147 e. The van der Waals surface area contributed by atoms with E-state index in [-0.39, 0.29) is 0 Å². The van der Waals surface area contributed by atoms with Gasteiger partial charge in [-0.1, -0.05) is 26.7 Å². The van der Waals surface area contributed by atoms with Gasteiger partial charge in [-0.15, -0.1) is 0 Å². The van der Waals surface area contributed by atoms with E-state index in [1.54, 1.807) is 0 Å². The largest absolute Gasteiger partial charge is 0.355 e. The molecule has 0 aromatic carbocycles. The Bertz CT molecular complexity index is 302. The van der Waals surface area contributed by atoms with E-state index in [1.807, 2.05) is 19.4 Å². The van der Waals surface area contributed by atoms with E-state index in [2.05, 4.69) is 34.0 Å². The van der Waals surface area contributed by atoms with Crippen molar-refractivity contribution in [2.75, 3.05) is 25.0 Å². The standard InChI is InChI=1S/C14H26N4/c1-4-6-8-18(9-7-5-2)14-12-16-13(10-15-3)11-17-14/h11-12,15H,4-10H2,1-3H3. The minimum Gasteiger partial charge on any atom is -0.355 e. The van der Waals surface area contributed by atoms with Gasteiger partial charge >= 0.3 is 0 Å². The number of anilines is 1. The van der Waals surface area contributed by atoms with Crippen molar-refractivity contribution in [2.24, 2.45) is 0 Å². The first-order valence-electron chi connectivity index (χ1n) is 7.02. The maximum Gasteiger partial charge on any atom is 0.147 e. The molecule has 1 heterocycles. The Kier molecular flexibility index (Phi) is 7.34. The zero-order valence-corrected chi connectivity index (χ0v) is 11.9. The molecule has 0 fully saturated rings. The molecule has 4 nitrogen and oxygen atoms in total. The van der Waals surface area contributed by atoms with Crippen molar-refractivity contribution >= 4 is 5.82 Å².